The Labute approximate surface area is 251 Å². The smallest absolute Gasteiger partial charge is 0.338 e. The van der Waals surface area contributed by atoms with E-state index in [1.165, 1.54) is 4.90 Å². The molecule has 0 spiro atoms. The highest BCUT2D eigenvalue weighted by atomic mass is 16.5. The summed E-state index contributed by atoms with van der Waals surface area (Å²) in [6.07, 6.45) is 5.03. The van der Waals surface area contributed by atoms with E-state index in [9.17, 15) is 14.4 Å². The number of para-hydroxylation sites is 1. The monoisotopic (exact) mass is 583 g/mol. The summed E-state index contributed by atoms with van der Waals surface area (Å²) in [6.45, 7) is 3.73. The molecule has 5 rings (SSSR count). The van der Waals surface area contributed by atoms with Crippen molar-refractivity contribution < 1.29 is 23.9 Å². The number of aromatic nitrogens is 3. The highest BCUT2D eigenvalue weighted by Crippen LogP contribution is 2.33. The van der Waals surface area contributed by atoms with Crippen LogP contribution in [0.4, 0.5) is 5.69 Å². The lowest BCUT2D eigenvalue weighted by Crippen LogP contribution is -2.49. The van der Waals surface area contributed by atoms with Crippen molar-refractivity contribution in [2.45, 2.75) is 64.1 Å². The minimum atomic E-state index is -1.01. The molecule has 0 unspecified atom stereocenters. The molecule has 0 radical (unpaired) electrons. The van der Waals surface area contributed by atoms with Crippen molar-refractivity contribution in [1.29, 1.82) is 0 Å². The average molecular weight is 584 g/mol. The number of ether oxygens (including phenoxy) is 2. The van der Waals surface area contributed by atoms with Crippen LogP contribution in [0.25, 0.3) is 11.0 Å². The number of fused-ring (bicyclic) bond motifs is 1. The Morgan fingerprint density at radius 3 is 2.35 bits per heavy atom. The summed E-state index contributed by atoms with van der Waals surface area (Å²) < 4.78 is 12.1. The number of amides is 2. The van der Waals surface area contributed by atoms with Gasteiger partial charge in [0.05, 0.1) is 24.8 Å². The molecule has 2 atom stereocenters. The predicted octanol–water partition coefficient (Wildman–Crippen LogP) is 5.40. The second-order valence-electron chi connectivity index (χ2n) is 10.7. The summed E-state index contributed by atoms with van der Waals surface area (Å²) >= 11 is 0. The molecule has 1 heterocycles. The van der Waals surface area contributed by atoms with Crippen LogP contribution in [0.15, 0.2) is 72.8 Å². The molecule has 10 nitrogen and oxygen atoms in total. The summed E-state index contributed by atoms with van der Waals surface area (Å²) in [7, 11) is 1.58. The molecule has 1 fully saturated rings. The van der Waals surface area contributed by atoms with Crippen LogP contribution in [0, 0.1) is 0 Å². The number of nitrogens with zero attached hydrogens (tertiary/aromatic N) is 4. The van der Waals surface area contributed by atoms with E-state index < -0.39 is 18.1 Å². The molecule has 4 aromatic rings. The fraction of sp³-hybridized carbons (Fsp3) is 0.364. The molecule has 1 N–H and O–H groups in total. The van der Waals surface area contributed by atoms with Crippen molar-refractivity contribution in [3.8, 4) is 5.75 Å². The lowest BCUT2D eigenvalue weighted by molar-refractivity contribution is -0.128. The Morgan fingerprint density at radius 2 is 1.67 bits per heavy atom. The van der Waals surface area contributed by atoms with E-state index in [1.807, 2.05) is 24.3 Å². The number of nitrogens with one attached hydrogen (secondary N) is 1. The predicted molar refractivity (Wildman–Crippen MR) is 163 cm³/mol. The second-order valence-corrected chi connectivity index (χ2v) is 10.7. The SMILES string of the molecule is CCOC(=O)c1ccc(N(C(=O)[C@H](C)n2nnc3ccccc32)[C@H](C(=O)NC2CCCCC2)c2ccc(OC)cc2)cc1. The Hall–Kier alpha value is -4.73. The maximum Gasteiger partial charge on any atom is 0.338 e. The number of carbonyl (C=O) groups is 3. The van der Waals surface area contributed by atoms with E-state index in [0.29, 0.717) is 33.6 Å². The summed E-state index contributed by atoms with van der Waals surface area (Å²) in [6, 6.07) is 19.3. The molecule has 0 saturated heterocycles. The Kier molecular flexibility index (Phi) is 9.34. The van der Waals surface area contributed by atoms with Crippen molar-refractivity contribution in [2.75, 3.05) is 18.6 Å². The van der Waals surface area contributed by atoms with Gasteiger partial charge < -0.3 is 14.8 Å². The topological polar surface area (TPSA) is 116 Å². The lowest BCUT2D eigenvalue weighted by atomic mass is 9.94. The number of esters is 1. The molecular formula is C33H37N5O5. The van der Waals surface area contributed by atoms with Crippen LogP contribution in [-0.2, 0) is 14.3 Å². The van der Waals surface area contributed by atoms with E-state index in [0.717, 1.165) is 32.1 Å². The van der Waals surface area contributed by atoms with Crippen LogP contribution in [-0.4, -0.2) is 52.5 Å². The number of rotatable bonds is 10. The fourth-order valence-corrected chi connectivity index (χ4v) is 5.59. The third-order valence-corrected chi connectivity index (χ3v) is 7.89. The zero-order chi connectivity index (χ0) is 30.3. The minimum absolute atomic E-state index is 0.0295. The van der Waals surface area contributed by atoms with Crippen molar-refractivity contribution in [2.24, 2.45) is 0 Å². The summed E-state index contributed by atoms with van der Waals surface area (Å²) in [5.41, 5.74) is 2.78. The molecule has 0 bridgehead atoms. The van der Waals surface area contributed by atoms with E-state index >= 15 is 0 Å². The quantitative estimate of drug-likeness (QED) is 0.249. The second kappa shape index (κ2) is 13.5. The first-order chi connectivity index (χ1) is 20.9. The minimum Gasteiger partial charge on any atom is -0.497 e. The van der Waals surface area contributed by atoms with Gasteiger partial charge in [0.25, 0.3) is 5.91 Å². The van der Waals surface area contributed by atoms with Gasteiger partial charge in [0.15, 0.2) is 0 Å². The van der Waals surface area contributed by atoms with Crippen LogP contribution in [0.3, 0.4) is 0 Å². The van der Waals surface area contributed by atoms with E-state index in [-0.39, 0.29) is 24.5 Å². The van der Waals surface area contributed by atoms with Gasteiger partial charge in [-0.3, -0.25) is 14.5 Å². The first kappa shape index (κ1) is 29.8. The molecule has 224 valence electrons. The van der Waals surface area contributed by atoms with Crippen molar-refractivity contribution in [3.63, 3.8) is 0 Å². The van der Waals surface area contributed by atoms with Crippen LogP contribution in [0.5, 0.6) is 5.75 Å². The molecule has 1 aliphatic rings. The van der Waals surface area contributed by atoms with Gasteiger partial charge in [0, 0.05) is 11.7 Å². The number of carbonyl (C=O) groups excluding carboxylic acids is 3. The van der Waals surface area contributed by atoms with Crippen molar-refractivity contribution in [3.05, 3.63) is 83.9 Å². The number of methoxy groups -OCH3 is 1. The number of benzene rings is 3. The van der Waals surface area contributed by atoms with Gasteiger partial charge in [0.1, 0.15) is 23.3 Å². The van der Waals surface area contributed by atoms with Crippen LogP contribution < -0.4 is 15.0 Å². The summed E-state index contributed by atoms with van der Waals surface area (Å²) in [4.78, 5) is 42.7. The van der Waals surface area contributed by atoms with Gasteiger partial charge in [-0.05, 0) is 80.8 Å². The van der Waals surface area contributed by atoms with Crippen LogP contribution in [0.2, 0.25) is 0 Å². The maximum atomic E-state index is 14.6. The normalized spacial score (nSPS) is 15.0. The first-order valence-electron chi connectivity index (χ1n) is 14.8. The molecule has 43 heavy (non-hydrogen) atoms. The molecular weight excluding hydrogens is 546 g/mol. The molecule has 3 aromatic carbocycles. The van der Waals surface area contributed by atoms with Gasteiger partial charge in [-0.2, -0.15) is 0 Å². The molecule has 0 aliphatic heterocycles. The number of anilines is 1. The first-order valence-corrected chi connectivity index (χ1v) is 14.8. The molecule has 2 amide bonds. The Balaban J connectivity index is 1.60. The average Bonchev–Trinajstić information content (AvgIpc) is 3.48. The Morgan fingerprint density at radius 1 is 0.977 bits per heavy atom. The van der Waals surface area contributed by atoms with E-state index in [2.05, 4.69) is 15.6 Å². The van der Waals surface area contributed by atoms with Crippen molar-refractivity contribution >= 4 is 34.5 Å². The third kappa shape index (κ3) is 6.53. The summed E-state index contributed by atoms with van der Waals surface area (Å²) in [5, 5.41) is 11.7. The molecule has 1 aliphatic carbocycles. The fourth-order valence-electron chi connectivity index (χ4n) is 5.59. The largest absolute Gasteiger partial charge is 0.497 e. The number of hydrogen-bond donors (Lipinski definition) is 1. The van der Waals surface area contributed by atoms with E-state index in [4.69, 9.17) is 9.47 Å². The maximum absolute atomic E-state index is 14.6. The van der Waals surface area contributed by atoms with Gasteiger partial charge in [-0.15, -0.1) is 5.10 Å². The number of hydrogen-bond acceptors (Lipinski definition) is 7. The highest BCUT2D eigenvalue weighted by molar-refractivity contribution is 6.03. The highest BCUT2D eigenvalue weighted by Gasteiger charge is 2.37. The standard InChI is InChI=1S/C33H37N5O5/c1-4-43-33(41)24-14-18-26(19-15-24)37(32(40)22(2)38-29-13-9-8-12-28(29)35-36-38)30(23-16-20-27(42-3)21-17-23)31(39)34-25-10-6-5-7-11-25/h8-9,12-22,25,30H,4-7,10-11H2,1-3H3,(H,34,39)/t22-,30-/m0/s1. The Bertz CT molecular complexity index is 1560. The molecule has 10 heteroatoms. The van der Waals surface area contributed by atoms with Gasteiger partial charge in [-0.1, -0.05) is 48.7 Å². The molecule has 1 saturated carbocycles. The van der Waals surface area contributed by atoms with Gasteiger partial charge in [0.2, 0.25) is 5.91 Å². The van der Waals surface area contributed by atoms with E-state index in [1.54, 1.807) is 74.2 Å². The van der Waals surface area contributed by atoms with Crippen LogP contribution >= 0.6 is 0 Å². The van der Waals surface area contributed by atoms with Crippen molar-refractivity contribution in [1.82, 2.24) is 20.3 Å². The third-order valence-electron chi connectivity index (χ3n) is 7.89. The van der Waals surface area contributed by atoms with Crippen LogP contribution in [0.1, 0.15) is 74.0 Å². The van der Waals surface area contributed by atoms with Gasteiger partial charge >= 0.3 is 5.97 Å². The summed E-state index contributed by atoms with van der Waals surface area (Å²) in [5.74, 6) is -0.472. The molecule has 1 aromatic heterocycles. The zero-order valence-corrected chi connectivity index (χ0v) is 24.7. The lowest BCUT2D eigenvalue weighted by Gasteiger charge is -2.35. The van der Waals surface area contributed by atoms with Gasteiger partial charge in [-0.25, -0.2) is 9.48 Å². The zero-order valence-electron chi connectivity index (χ0n) is 24.7.